The number of hydrogen-bond acceptors (Lipinski definition) is 6. The lowest BCUT2D eigenvalue weighted by molar-refractivity contribution is 0.0698. The first kappa shape index (κ1) is 25.2. The van der Waals surface area contributed by atoms with Gasteiger partial charge in [-0.25, -0.2) is 9.78 Å². The molecule has 1 atom stereocenters. The fourth-order valence-electron chi connectivity index (χ4n) is 5.55. The van der Waals surface area contributed by atoms with Gasteiger partial charge in [0, 0.05) is 39.0 Å². The molecular formula is C31H27ClN2O5. The quantitative estimate of drug-likeness (QED) is 0.224. The first-order valence-electron chi connectivity index (χ1n) is 13.0. The van der Waals surface area contributed by atoms with Crippen LogP contribution in [0.4, 0.5) is 0 Å². The standard InChI is InChI=1S/C31H27ClN2O5/c32-21-10-8-19(9-11-21)17-38-25-16-20(12-13-33-25)28(34-14-4-1-5-15-34)27-26-24(31(36)37)18-39-30(26)23-7-3-2-6-22(23)29(27)35/h2-3,6-13,16,18,28,35H,1,4-5,14-15,17H2,(H,36,37). The lowest BCUT2D eigenvalue weighted by atomic mass is 9.88. The second kappa shape index (κ2) is 10.6. The number of hydrogen-bond donors (Lipinski definition) is 2. The number of likely N-dealkylation sites (tertiary alicyclic amines) is 1. The van der Waals surface area contributed by atoms with E-state index < -0.39 is 12.0 Å². The minimum atomic E-state index is -1.11. The Morgan fingerprint density at radius 1 is 1.05 bits per heavy atom. The van der Waals surface area contributed by atoms with E-state index in [2.05, 4.69) is 9.88 Å². The molecule has 0 amide bonds. The average molecular weight is 543 g/mol. The normalized spacial score (nSPS) is 15.0. The molecule has 198 valence electrons. The Kier molecular flexibility index (Phi) is 6.85. The third-order valence-corrected chi connectivity index (χ3v) is 7.63. The third-order valence-electron chi connectivity index (χ3n) is 7.38. The van der Waals surface area contributed by atoms with Crippen molar-refractivity contribution in [2.24, 2.45) is 0 Å². The summed E-state index contributed by atoms with van der Waals surface area (Å²) < 4.78 is 11.9. The van der Waals surface area contributed by atoms with Crippen molar-refractivity contribution in [3.8, 4) is 11.6 Å². The second-order valence-corrected chi connectivity index (χ2v) is 10.2. The Balaban J connectivity index is 1.51. The highest BCUT2D eigenvalue weighted by molar-refractivity contribution is 6.30. The van der Waals surface area contributed by atoms with Gasteiger partial charge in [0.05, 0.1) is 6.04 Å². The number of furan rings is 1. The van der Waals surface area contributed by atoms with Gasteiger partial charge in [0.25, 0.3) is 0 Å². The van der Waals surface area contributed by atoms with Crippen molar-refractivity contribution in [2.45, 2.75) is 31.9 Å². The number of nitrogens with zero attached hydrogens (tertiary/aromatic N) is 2. The van der Waals surface area contributed by atoms with Gasteiger partial charge < -0.3 is 19.4 Å². The van der Waals surface area contributed by atoms with Crippen molar-refractivity contribution in [3.63, 3.8) is 0 Å². The number of pyridine rings is 1. The molecule has 1 unspecified atom stereocenters. The van der Waals surface area contributed by atoms with Gasteiger partial charge in [-0.05, 0) is 55.3 Å². The van der Waals surface area contributed by atoms with Gasteiger partial charge in [0.15, 0.2) is 0 Å². The van der Waals surface area contributed by atoms with E-state index in [9.17, 15) is 15.0 Å². The lowest BCUT2D eigenvalue weighted by Crippen LogP contribution is -2.34. The summed E-state index contributed by atoms with van der Waals surface area (Å²) in [5.74, 6) is -0.617. The van der Waals surface area contributed by atoms with Gasteiger partial charge in [-0.1, -0.05) is 54.4 Å². The Morgan fingerprint density at radius 2 is 1.79 bits per heavy atom. The molecule has 1 fully saturated rings. The van der Waals surface area contributed by atoms with E-state index in [0.717, 1.165) is 43.5 Å². The van der Waals surface area contributed by atoms with Gasteiger partial charge in [-0.15, -0.1) is 0 Å². The summed E-state index contributed by atoms with van der Waals surface area (Å²) in [5, 5.41) is 24.2. The maximum atomic E-state index is 12.3. The monoisotopic (exact) mass is 542 g/mol. The number of carbonyl (C=O) groups is 1. The Hall–Kier alpha value is -4.07. The third kappa shape index (κ3) is 4.80. The number of carboxylic acid groups (broad SMARTS) is 1. The van der Waals surface area contributed by atoms with Crippen molar-refractivity contribution in [1.29, 1.82) is 0 Å². The predicted octanol–water partition coefficient (Wildman–Crippen LogP) is 7.19. The largest absolute Gasteiger partial charge is 0.507 e. The molecule has 2 aromatic heterocycles. The molecule has 0 spiro atoms. The van der Waals surface area contributed by atoms with Crippen LogP contribution in [-0.2, 0) is 6.61 Å². The molecule has 1 aliphatic heterocycles. The van der Waals surface area contributed by atoms with Crippen molar-refractivity contribution in [2.75, 3.05) is 13.1 Å². The molecule has 3 heterocycles. The van der Waals surface area contributed by atoms with E-state index in [4.69, 9.17) is 20.8 Å². The highest BCUT2D eigenvalue weighted by atomic mass is 35.5. The minimum absolute atomic E-state index is 0.0244. The van der Waals surface area contributed by atoms with E-state index in [1.165, 1.54) is 6.26 Å². The number of carboxylic acids is 1. The number of fused-ring (bicyclic) bond motifs is 3. The van der Waals surface area contributed by atoms with Crippen LogP contribution in [0.1, 0.15) is 52.4 Å². The van der Waals surface area contributed by atoms with Gasteiger partial charge in [-0.2, -0.15) is 0 Å². The van der Waals surface area contributed by atoms with Crippen LogP contribution < -0.4 is 4.74 Å². The summed E-state index contributed by atoms with van der Waals surface area (Å²) in [6.07, 6.45) is 6.10. The second-order valence-electron chi connectivity index (χ2n) is 9.81. The molecule has 1 saturated heterocycles. The topological polar surface area (TPSA) is 96.0 Å². The molecular weight excluding hydrogens is 516 g/mol. The molecule has 0 aliphatic carbocycles. The maximum Gasteiger partial charge on any atom is 0.339 e. The smallest absolute Gasteiger partial charge is 0.339 e. The lowest BCUT2D eigenvalue weighted by Gasteiger charge is -2.36. The summed E-state index contributed by atoms with van der Waals surface area (Å²) in [4.78, 5) is 19.0. The predicted molar refractivity (Wildman–Crippen MR) is 150 cm³/mol. The number of rotatable bonds is 7. The van der Waals surface area contributed by atoms with Crippen LogP contribution in [0.25, 0.3) is 21.7 Å². The first-order chi connectivity index (χ1) is 19.0. The zero-order valence-electron chi connectivity index (χ0n) is 21.1. The van der Waals surface area contributed by atoms with Gasteiger partial charge in [0.1, 0.15) is 29.8 Å². The first-order valence-corrected chi connectivity index (χ1v) is 13.3. The maximum absolute atomic E-state index is 12.3. The van der Waals surface area contributed by atoms with Crippen molar-refractivity contribution in [1.82, 2.24) is 9.88 Å². The van der Waals surface area contributed by atoms with E-state index >= 15 is 0 Å². The summed E-state index contributed by atoms with van der Waals surface area (Å²) in [5.41, 5.74) is 2.80. The molecule has 0 bridgehead atoms. The van der Waals surface area contributed by atoms with Gasteiger partial charge in [0.2, 0.25) is 5.88 Å². The van der Waals surface area contributed by atoms with Crippen LogP contribution in [0.5, 0.6) is 11.6 Å². The van der Waals surface area contributed by atoms with Crippen LogP contribution in [0, 0.1) is 0 Å². The summed E-state index contributed by atoms with van der Waals surface area (Å²) in [6.45, 7) is 1.93. The number of aromatic carboxylic acids is 1. The number of halogens is 1. The fraction of sp³-hybridized carbons (Fsp3) is 0.226. The minimum Gasteiger partial charge on any atom is -0.507 e. The molecule has 2 N–H and O–H groups in total. The molecule has 8 heteroatoms. The van der Waals surface area contributed by atoms with Crippen LogP contribution >= 0.6 is 11.6 Å². The Labute approximate surface area is 230 Å². The van der Waals surface area contributed by atoms with Crippen molar-refractivity contribution >= 4 is 39.3 Å². The van der Waals surface area contributed by atoms with E-state index in [-0.39, 0.29) is 11.3 Å². The van der Waals surface area contributed by atoms with Crippen molar-refractivity contribution < 1.29 is 24.2 Å². The number of phenols is 1. The van der Waals surface area contributed by atoms with E-state index in [1.807, 2.05) is 60.7 Å². The number of aromatic nitrogens is 1. The fourth-order valence-corrected chi connectivity index (χ4v) is 5.67. The average Bonchev–Trinajstić information content (AvgIpc) is 3.41. The molecule has 5 aromatic rings. The number of phenolic OH excluding ortho intramolecular Hbond substituents is 1. The van der Waals surface area contributed by atoms with Crippen LogP contribution in [0.2, 0.25) is 5.02 Å². The highest BCUT2D eigenvalue weighted by Gasteiger charge is 2.33. The summed E-state index contributed by atoms with van der Waals surface area (Å²) in [6, 6.07) is 18.1. The summed E-state index contributed by atoms with van der Waals surface area (Å²) in [7, 11) is 0. The van der Waals surface area contributed by atoms with Gasteiger partial charge >= 0.3 is 5.97 Å². The molecule has 6 rings (SSSR count). The molecule has 1 aliphatic rings. The van der Waals surface area contributed by atoms with E-state index in [1.54, 1.807) is 6.20 Å². The Morgan fingerprint density at radius 3 is 2.54 bits per heavy atom. The molecule has 7 nitrogen and oxygen atoms in total. The van der Waals surface area contributed by atoms with Crippen LogP contribution in [0.3, 0.4) is 0 Å². The van der Waals surface area contributed by atoms with Crippen LogP contribution in [-0.4, -0.2) is 39.2 Å². The SMILES string of the molecule is O=C(O)c1coc2c1c(C(c1ccnc(OCc3ccc(Cl)cc3)c1)N1CCCCC1)c(O)c1ccccc12. The zero-order chi connectivity index (χ0) is 26.9. The molecule has 3 aromatic carbocycles. The highest BCUT2D eigenvalue weighted by Crippen LogP contribution is 2.47. The number of ether oxygens (including phenoxy) is 1. The molecule has 0 saturated carbocycles. The molecule has 39 heavy (non-hydrogen) atoms. The number of aromatic hydroxyl groups is 1. The van der Waals surface area contributed by atoms with Gasteiger partial charge in [-0.3, -0.25) is 4.90 Å². The number of benzene rings is 3. The zero-order valence-corrected chi connectivity index (χ0v) is 21.9. The number of piperidine rings is 1. The summed E-state index contributed by atoms with van der Waals surface area (Å²) >= 11 is 6.01. The van der Waals surface area contributed by atoms with E-state index in [0.29, 0.717) is 44.8 Å². The van der Waals surface area contributed by atoms with Crippen LogP contribution in [0.15, 0.2) is 77.5 Å². The molecule has 0 radical (unpaired) electrons. The Bertz CT molecular complexity index is 1660. The van der Waals surface area contributed by atoms with Crippen molar-refractivity contribution in [3.05, 3.63) is 100 Å².